The van der Waals surface area contributed by atoms with E-state index in [0.717, 1.165) is 22.3 Å². The van der Waals surface area contributed by atoms with Crippen LogP contribution in [0.15, 0.2) is 53.0 Å². The van der Waals surface area contributed by atoms with E-state index in [2.05, 4.69) is 21.2 Å². The molecule has 3 amide bonds. The van der Waals surface area contributed by atoms with Crippen LogP contribution >= 0.6 is 15.9 Å². The van der Waals surface area contributed by atoms with Crippen LogP contribution in [0.1, 0.15) is 19.3 Å². The molecule has 1 unspecified atom stereocenters. The highest BCUT2D eigenvalue weighted by atomic mass is 79.9. The molecule has 2 aromatic rings. The lowest BCUT2D eigenvalue weighted by Gasteiger charge is -2.18. The van der Waals surface area contributed by atoms with Gasteiger partial charge in [0.25, 0.3) is 0 Å². The summed E-state index contributed by atoms with van der Waals surface area (Å²) in [6.07, 6.45) is 1.60. The molecule has 0 spiro atoms. The van der Waals surface area contributed by atoms with Crippen molar-refractivity contribution in [1.82, 2.24) is 0 Å². The maximum absolute atomic E-state index is 12.7. The zero-order chi connectivity index (χ0) is 19.7. The zero-order valence-corrected chi connectivity index (χ0v) is 16.8. The van der Waals surface area contributed by atoms with Crippen LogP contribution in [-0.4, -0.2) is 30.8 Å². The number of halogens is 1. The highest BCUT2D eigenvalue weighted by Gasteiger charge is 2.35. The maximum atomic E-state index is 12.7. The first-order valence-electron chi connectivity index (χ1n) is 9.28. The van der Waals surface area contributed by atoms with Gasteiger partial charge in [-0.05, 0) is 48.9 Å². The van der Waals surface area contributed by atoms with Crippen molar-refractivity contribution in [2.24, 2.45) is 5.92 Å². The molecule has 6 nitrogen and oxygen atoms in total. The predicted octanol–water partition coefficient (Wildman–Crippen LogP) is 3.57. The second kappa shape index (κ2) is 7.75. The minimum atomic E-state index is -0.409. The van der Waals surface area contributed by atoms with Crippen LogP contribution in [0.3, 0.4) is 0 Å². The summed E-state index contributed by atoms with van der Waals surface area (Å²) in [5.74, 6) is -0.542. The first-order chi connectivity index (χ1) is 13.5. The van der Waals surface area contributed by atoms with Gasteiger partial charge in [0, 0.05) is 47.5 Å². The lowest BCUT2D eigenvalue weighted by Crippen LogP contribution is -2.28. The van der Waals surface area contributed by atoms with Gasteiger partial charge in [-0.1, -0.05) is 22.0 Å². The first-order valence-corrected chi connectivity index (χ1v) is 10.1. The molecule has 2 aliphatic heterocycles. The molecule has 0 aliphatic carbocycles. The molecule has 7 heteroatoms. The van der Waals surface area contributed by atoms with Gasteiger partial charge in [-0.2, -0.15) is 0 Å². The third-order valence-corrected chi connectivity index (χ3v) is 5.66. The average Bonchev–Trinajstić information content (AvgIpc) is 3.28. The van der Waals surface area contributed by atoms with Crippen LogP contribution in [-0.2, 0) is 14.4 Å². The summed E-state index contributed by atoms with van der Waals surface area (Å²) in [7, 11) is 0. The number of hydrogen-bond donors (Lipinski definition) is 1. The molecule has 2 fully saturated rings. The molecule has 1 atom stereocenters. The first kappa shape index (κ1) is 18.7. The molecule has 2 saturated heterocycles. The fourth-order valence-corrected chi connectivity index (χ4v) is 3.94. The Labute approximate surface area is 171 Å². The lowest BCUT2D eigenvalue weighted by molar-refractivity contribution is -0.122. The second-order valence-corrected chi connectivity index (χ2v) is 7.99. The number of amides is 3. The van der Waals surface area contributed by atoms with Crippen molar-refractivity contribution in [3.8, 4) is 0 Å². The minimum absolute atomic E-state index is 0.0566. The molecule has 28 heavy (non-hydrogen) atoms. The van der Waals surface area contributed by atoms with Crippen LogP contribution in [0.25, 0.3) is 0 Å². The van der Waals surface area contributed by atoms with Crippen molar-refractivity contribution in [2.45, 2.75) is 19.3 Å². The van der Waals surface area contributed by atoms with Gasteiger partial charge in [0.05, 0.1) is 5.92 Å². The summed E-state index contributed by atoms with van der Waals surface area (Å²) in [6, 6.07) is 14.8. The molecule has 2 aromatic carbocycles. The molecule has 1 N–H and O–H groups in total. The van der Waals surface area contributed by atoms with Gasteiger partial charge in [-0.15, -0.1) is 0 Å². The Bertz CT molecular complexity index is 929. The molecule has 0 radical (unpaired) electrons. The summed E-state index contributed by atoms with van der Waals surface area (Å²) < 4.78 is 0.938. The summed E-state index contributed by atoms with van der Waals surface area (Å²) in [5.41, 5.74) is 2.22. The van der Waals surface area contributed by atoms with Crippen LogP contribution in [0.5, 0.6) is 0 Å². The van der Waals surface area contributed by atoms with E-state index in [0.29, 0.717) is 25.2 Å². The minimum Gasteiger partial charge on any atom is -0.326 e. The fraction of sp³-hybridized carbons (Fsp3) is 0.286. The second-order valence-electron chi connectivity index (χ2n) is 7.07. The highest BCUT2D eigenvalue weighted by Crippen LogP contribution is 2.28. The van der Waals surface area contributed by atoms with Crippen molar-refractivity contribution in [3.63, 3.8) is 0 Å². The summed E-state index contributed by atoms with van der Waals surface area (Å²) in [6.45, 7) is 1.06. The van der Waals surface area contributed by atoms with E-state index in [1.54, 1.807) is 15.9 Å². The molecule has 144 valence electrons. The average molecular weight is 442 g/mol. The van der Waals surface area contributed by atoms with Crippen LogP contribution in [0, 0.1) is 5.92 Å². The van der Waals surface area contributed by atoms with Gasteiger partial charge < -0.3 is 15.1 Å². The van der Waals surface area contributed by atoms with E-state index in [1.807, 2.05) is 42.5 Å². The van der Waals surface area contributed by atoms with E-state index < -0.39 is 5.92 Å². The monoisotopic (exact) mass is 441 g/mol. The largest absolute Gasteiger partial charge is 0.326 e. The molecular formula is C21H20BrN3O3. The van der Waals surface area contributed by atoms with Crippen molar-refractivity contribution < 1.29 is 14.4 Å². The molecule has 0 saturated carbocycles. The molecule has 2 heterocycles. The summed E-state index contributed by atoms with van der Waals surface area (Å²) >= 11 is 3.38. The maximum Gasteiger partial charge on any atom is 0.229 e. The van der Waals surface area contributed by atoms with Crippen LogP contribution in [0.2, 0.25) is 0 Å². The number of hydrogen-bond acceptors (Lipinski definition) is 3. The van der Waals surface area contributed by atoms with Gasteiger partial charge in [-0.25, -0.2) is 0 Å². The number of carbonyl (C=O) groups is 3. The van der Waals surface area contributed by atoms with Gasteiger partial charge >= 0.3 is 0 Å². The SMILES string of the molecule is O=C(Nc1cccc(N2CCCC2=O)c1)C1CC(=O)N(c2ccc(Br)cc2)C1. The summed E-state index contributed by atoms with van der Waals surface area (Å²) in [5, 5.41) is 2.90. The Hall–Kier alpha value is -2.67. The molecule has 2 aliphatic rings. The van der Waals surface area contributed by atoms with Crippen LogP contribution < -0.4 is 15.1 Å². The van der Waals surface area contributed by atoms with Gasteiger partial charge in [0.2, 0.25) is 17.7 Å². The smallest absolute Gasteiger partial charge is 0.229 e. The van der Waals surface area contributed by atoms with E-state index >= 15 is 0 Å². The highest BCUT2D eigenvalue weighted by molar-refractivity contribution is 9.10. The van der Waals surface area contributed by atoms with E-state index in [-0.39, 0.29) is 24.1 Å². The fourth-order valence-electron chi connectivity index (χ4n) is 3.67. The van der Waals surface area contributed by atoms with Gasteiger partial charge in [0.15, 0.2) is 0 Å². The Kier molecular flexibility index (Phi) is 5.17. The normalized spacial score (nSPS) is 19.4. The number of carbonyl (C=O) groups excluding carboxylic acids is 3. The number of rotatable bonds is 4. The predicted molar refractivity (Wildman–Crippen MR) is 111 cm³/mol. The van der Waals surface area contributed by atoms with E-state index in [1.165, 1.54) is 0 Å². The number of nitrogens with one attached hydrogen (secondary N) is 1. The quantitative estimate of drug-likeness (QED) is 0.788. The van der Waals surface area contributed by atoms with Gasteiger partial charge in [0.1, 0.15) is 0 Å². The Morgan fingerprint density at radius 1 is 1.00 bits per heavy atom. The molecule has 0 aromatic heterocycles. The lowest BCUT2D eigenvalue weighted by atomic mass is 10.1. The summed E-state index contributed by atoms with van der Waals surface area (Å²) in [4.78, 5) is 40.4. The standard InChI is InChI=1S/C21H20BrN3O3/c22-15-6-8-17(9-7-15)25-13-14(11-20(25)27)21(28)23-16-3-1-4-18(12-16)24-10-2-5-19(24)26/h1,3-4,6-9,12,14H,2,5,10-11,13H2,(H,23,28). The van der Waals surface area contributed by atoms with Crippen LogP contribution in [0.4, 0.5) is 17.1 Å². The van der Waals surface area contributed by atoms with E-state index in [4.69, 9.17) is 0 Å². The molecular weight excluding hydrogens is 422 g/mol. The number of nitrogens with zero attached hydrogens (tertiary/aromatic N) is 2. The Morgan fingerprint density at radius 2 is 1.79 bits per heavy atom. The van der Waals surface area contributed by atoms with E-state index in [9.17, 15) is 14.4 Å². The Morgan fingerprint density at radius 3 is 2.50 bits per heavy atom. The third-order valence-electron chi connectivity index (χ3n) is 5.13. The Balaban J connectivity index is 1.43. The third kappa shape index (κ3) is 3.80. The molecule has 0 bridgehead atoms. The molecule has 4 rings (SSSR count). The number of benzene rings is 2. The van der Waals surface area contributed by atoms with Crippen molar-refractivity contribution >= 4 is 50.7 Å². The zero-order valence-electron chi connectivity index (χ0n) is 15.2. The van der Waals surface area contributed by atoms with Crippen molar-refractivity contribution in [1.29, 1.82) is 0 Å². The van der Waals surface area contributed by atoms with Crippen molar-refractivity contribution in [2.75, 3.05) is 28.2 Å². The number of anilines is 3. The van der Waals surface area contributed by atoms with Gasteiger partial charge in [-0.3, -0.25) is 14.4 Å². The topological polar surface area (TPSA) is 69.7 Å². The van der Waals surface area contributed by atoms with Crippen molar-refractivity contribution in [3.05, 3.63) is 53.0 Å².